The molecule has 398 valence electrons. The minimum atomic E-state index is -5.40. The van der Waals surface area contributed by atoms with Gasteiger partial charge in [0.1, 0.15) is 43.2 Å². The van der Waals surface area contributed by atoms with Gasteiger partial charge in [0.05, 0.1) is 12.7 Å². The highest BCUT2D eigenvalue weighted by atomic mass is 31.2. The third-order valence-electron chi connectivity index (χ3n) is 10.4. The average Bonchev–Trinajstić information content (AvgIpc) is 3.31. The van der Waals surface area contributed by atoms with Crippen molar-refractivity contribution in [3.63, 3.8) is 0 Å². The lowest BCUT2D eigenvalue weighted by Gasteiger charge is -2.43. The van der Waals surface area contributed by atoms with Crippen LogP contribution in [0.5, 0.6) is 0 Å². The van der Waals surface area contributed by atoms with Crippen molar-refractivity contribution in [3.8, 4) is 0 Å². The Hall–Kier alpha value is -3.38. The summed E-state index contributed by atoms with van der Waals surface area (Å²) in [5, 5.41) is 51.6. The van der Waals surface area contributed by atoms with Crippen LogP contribution in [-0.4, -0.2) is 114 Å². The number of esters is 2. The molecule has 1 aliphatic rings. The normalized spacial score (nSPS) is 22.4. The van der Waals surface area contributed by atoms with Crippen LogP contribution in [0.15, 0.2) is 109 Å². The Balaban J connectivity index is 2.69. The summed E-state index contributed by atoms with van der Waals surface area (Å²) >= 11 is 0. The summed E-state index contributed by atoms with van der Waals surface area (Å²) in [7, 11) is -10.8. The number of carbonyl (C=O) groups excluding carboxylic acids is 2. The maximum atomic E-state index is 13.0. The van der Waals surface area contributed by atoms with Crippen molar-refractivity contribution < 1.29 is 82.0 Å². The van der Waals surface area contributed by atoms with Gasteiger partial charge in [-0.1, -0.05) is 142 Å². The minimum absolute atomic E-state index is 0.0414. The third kappa shape index (κ3) is 34.1. The summed E-state index contributed by atoms with van der Waals surface area (Å²) in [4.78, 5) is 54.4. The Labute approximate surface area is 415 Å². The van der Waals surface area contributed by atoms with E-state index in [0.29, 0.717) is 12.8 Å². The predicted octanol–water partition coefficient (Wildman–Crippen LogP) is 8.70. The van der Waals surface area contributed by atoms with Crippen LogP contribution in [0.3, 0.4) is 0 Å². The first-order valence-corrected chi connectivity index (χ1v) is 27.6. The van der Waals surface area contributed by atoms with Gasteiger partial charge in [0.2, 0.25) is 0 Å². The molecule has 0 spiro atoms. The summed E-state index contributed by atoms with van der Waals surface area (Å²) < 4.78 is 49.2. The van der Waals surface area contributed by atoms with Crippen LogP contribution in [0.4, 0.5) is 0 Å². The number of phosphoric acid groups is 2. The molecule has 19 heteroatoms. The topological polar surface area (TPSA) is 276 Å². The summed E-state index contributed by atoms with van der Waals surface area (Å²) in [6, 6.07) is 0. The fourth-order valence-corrected chi connectivity index (χ4v) is 8.16. The largest absolute Gasteiger partial charge is 0.472 e. The fourth-order valence-electron chi connectivity index (χ4n) is 6.62. The second-order valence-corrected chi connectivity index (χ2v) is 19.2. The molecule has 0 heterocycles. The Kier molecular flexibility index (Phi) is 37.1. The molecule has 0 amide bonds. The number of ether oxygens (including phenoxy) is 2. The molecule has 0 aromatic carbocycles. The van der Waals surface area contributed by atoms with Crippen LogP contribution in [0.2, 0.25) is 0 Å². The van der Waals surface area contributed by atoms with Crippen molar-refractivity contribution in [2.75, 3.05) is 13.2 Å². The maximum Gasteiger partial charge on any atom is 0.472 e. The molecule has 0 bridgehead atoms. The zero-order valence-electron chi connectivity index (χ0n) is 41.0. The second-order valence-electron chi connectivity index (χ2n) is 16.6. The van der Waals surface area contributed by atoms with E-state index in [0.717, 1.165) is 64.2 Å². The summed E-state index contributed by atoms with van der Waals surface area (Å²) in [5.41, 5.74) is 0. The van der Waals surface area contributed by atoms with Gasteiger partial charge in [-0.3, -0.25) is 23.2 Å². The van der Waals surface area contributed by atoms with Crippen LogP contribution in [0.1, 0.15) is 136 Å². The molecule has 6 unspecified atom stereocenters. The van der Waals surface area contributed by atoms with E-state index in [2.05, 4.69) is 97.4 Å². The van der Waals surface area contributed by atoms with E-state index in [1.807, 2.05) is 18.2 Å². The molecule has 1 rings (SSSR count). The van der Waals surface area contributed by atoms with E-state index in [4.69, 9.17) is 18.5 Å². The number of hydrogen-bond donors (Lipinski definition) is 8. The van der Waals surface area contributed by atoms with Gasteiger partial charge in [-0.05, 0) is 89.9 Å². The molecule has 0 aromatic rings. The molecular formula is C51H82O17P2. The highest BCUT2D eigenvalue weighted by Crippen LogP contribution is 2.49. The number of hydrogen-bond acceptors (Lipinski definition) is 14. The van der Waals surface area contributed by atoms with Crippen LogP contribution >= 0.6 is 15.6 Å². The second kappa shape index (κ2) is 40.1. The summed E-state index contributed by atoms with van der Waals surface area (Å²) in [5.74, 6) is -1.46. The van der Waals surface area contributed by atoms with Crippen molar-refractivity contribution in [3.05, 3.63) is 109 Å². The van der Waals surface area contributed by atoms with E-state index in [-0.39, 0.29) is 25.7 Å². The van der Waals surface area contributed by atoms with E-state index in [1.54, 1.807) is 12.2 Å². The lowest BCUT2D eigenvalue weighted by Crippen LogP contribution is -2.64. The molecule has 1 saturated carbocycles. The van der Waals surface area contributed by atoms with E-state index in [1.165, 1.54) is 19.3 Å². The van der Waals surface area contributed by atoms with E-state index < -0.39 is 89.6 Å². The standard InChI is InChI=1S/C51H82O17P2/c1-3-5-7-9-11-13-15-17-18-19-20-21-22-24-26-28-30-32-34-38-45(54)66-43(41-65-70(62,63)68-51-48(57)46(55)47(56)50(49(51)58)67-69(59,60)61)40-64-44(53)39-35-37-42(52)36-33-31-29-27-25-23-16-14-12-10-8-6-4-2/h6,8,11-14,17-18,20-21,23-26,29,31,33,36,42-43,46-52,55-58H,3-5,7,9-10,15-16,19,22,27-28,30,32,34-35,37-41H2,1-2H3,(H,62,63)(H2,59,60,61)/b8-6-,13-11-,14-12-,18-17-,21-20-,25-23-,26-24-,31-29-,36-33+/t42?,43-,46?,47?,48?,49?,50-,51+/m1/s1. The molecule has 0 aromatic heterocycles. The van der Waals surface area contributed by atoms with Gasteiger partial charge >= 0.3 is 27.6 Å². The maximum absolute atomic E-state index is 13.0. The third-order valence-corrected chi connectivity index (χ3v) is 11.9. The molecule has 9 atom stereocenters. The summed E-state index contributed by atoms with van der Waals surface area (Å²) in [6.07, 6.45) is 34.9. The fraction of sp³-hybridized carbons (Fsp3) is 0.608. The Bertz CT molecular complexity index is 1780. The van der Waals surface area contributed by atoms with Crippen LogP contribution in [0, 0.1) is 0 Å². The van der Waals surface area contributed by atoms with Crippen molar-refractivity contribution >= 4 is 27.6 Å². The average molecular weight is 1030 g/mol. The number of rotatable bonds is 39. The number of carbonyl (C=O) groups is 2. The van der Waals surface area contributed by atoms with Gasteiger partial charge in [0.15, 0.2) is 6.10 Å². The van der Waals surface area contributed by atoms with E-state index in [9.17, 15) is 58.9 Å². The Morgan fingerprint density at radius 1 is 0.543 bits per heavy atom. The number of aliphatic hydroxyl groups is 5. The first-order valence-electron chi connectivity index (χ1n) is 24.5. The van der Waals surface area contributed by atoms with Crippen molar-refractivity contribution in [2.24, 2.45) is 0 Å². The van der Waals surface area contributed by atoms with Crippen LogP contribution < -0.4 is 0 Å². The highest BCUT2D eigenvalue weighted by molar-refractivity contribution is 7.47. The van der Waals surface area contributed by atoms with Crippen LogP contribution in [-0.2, 0) is 41.8 Å². The van der Waals surface area contributed by atoms with Gasteiger partial charge < -0.3 is 49.7 Å². The zero-order chi connectivity index (χ0) is 51.9. The first-order chi connectivity index (χ1) is 33.5. The smallest absolute Gasteiger partial charge is 0.462 e. The van der Waals surface area contributed by atoms with Gasteiger partial charge in [0.25, 0.3) is 0 Å². The van der Waals surface area contributed by atoms with Gasteiger partial charge in [-0.15, -0.1) is 0 Å². The Morgan fingerprint density at radius 3 is 1.59 bits per heavy atom. The number of phosphoric ester groups is 2. The van der Waals surface area contributed by atoms with Crippen molar-refractivity contribution in [1.82, 2.24) is 0 Å². The molecule has 17 nitrogen and oxygen atoms in total. The number of aliphatic hydroxyl groups excluding tert-OH is 5. The van der Waals surface area contributed by atoms with Crippen molar-refractivity contribution in [1.29, 1.82) is 0 Å². The molecular weight excluding hydrogens is 946 g/mol. The van der Waals surface area contributed by atoms with Crippen molar-refractivity contribution in [2.45, 2.75) is 185 Å². The SMILES string of the molecule is CC/C=C\C/C=C\C/C=C\C/C=C\C=C\C(O)CCCC(=O)OC[C@H](COP(=O)(O)O[C@H]1C(O)C(O)C(O)[C@@H](OP(=O)(O)O)C1O)OC(=O)CCCCC/C=C\C/C=C\C/C=C\C/C=C\CCCCC. The summed E-state index contributed by atoms with van der Waals surface area (Å²) in [6.45, 7) is 2.76. The number of allylic oxidation sites excluding steroid dienone is 17. The molecule has 0 aliphatic heterocycles. The quantitative estimate of drug-likeness (QED) is 0.00940. The van der Waals surface area contributed by atoms with Crippen LogP contribution in [0.25, 0.3) is 0 Å². The molecule has 1 aliphatic carbocycles. The zero-order valence-corrected chi connectivity index (χ0v) is 42.8. The van der Waals surface area contributed by atoms with Gasteiger partial charge in [-0.25, -0.2) is 9.13 Å². The van der Waals surface area contributed by atoms with Gasteiger partial charge in [0, 0.05) is 12.8 Å². The first kappa shape index (κ1) is 64.6. The lowest BCUT2D eigenvalue weighted by molar-refractivity contribution is -0.216. The Morgan fingerprint density at radius 2 is 1.04 bits per heavy atom. The number of unbranched alkanes of at least 4 members (excludes halogenated alkanes) is 6. The molecule has 0 saturated heterocycles. The van der Waals surface area contributed by atoms with E-state index >= 15 is 0 Å². The molecule has 70 heavy (non-hydrogen) atoms. The predicted molar refractivity (Wildman–Crippen MR) is 270 cm³/mol. The molecule has 8 N–H and O–H groups in total. The molecule has 0 radical (unpaired) electrons. The van der Waals surface area contributed by atoms with Gasteiger partial charge in [-0.2, -0.15) is 0 Å². The lowest BCUT2D eigenvalue weighted by atomic mass is 9.85. The monoisotopic (exact) mass is 1030 g/mol. The highest BCUT2D eigenvalue weighted by Gasteiger charge is 2.54. The molecule has 1 fully saturated rings. The minimum Gasteiger partial charge on any atom is -0.462 e.